The Labute approximate surface area is 110 Å². The van der Waals surface area contributed by atoms with Crippen LogP contribution in [0.1, 0.15) is 63.2 Å². The summed E-state index contributed by atoms with van der Waals surface area (Å²) in [6.45, 7) is 4.41. The third-order valence-corrected chi connectivity index (χ3v) is 3.77. The van der Waals surface area contributed by atoms with Crippen molar-refractivity contribution in [3.63, 3.8) is 0 Å². The quantitative estimate of drug-likeness (QED) is 0.593. The Kier molecular flexibility index (Phi) is 9.24. The Hall–Kier alpha value is -0.410. The molecule has 3 heteroatoms. The van der Waals surface area contributed by atoms with Gasteiger partial charge in [0.15, 0.2) is 0 Å². The number of hydrogen-bond donors (Lipinski definition) is 1. The lowest BCUT2D eigenvalue weighted by molar-refractivity contribution is 0.556. The summed E-state index contributed by atoms with van der Waals surface area (Å²) < 4.78 is 0. The van der Waals surface area contributed by atoms with Crippen molar-refractivity contribution in [1.82, 2.24) is 10.3 Å². The molecule has 0 aliphatic rings. The zero-order valence-corrected chi connectivity index (χ0v) is 11.9. The molecule has 17 heavy (non-hydrogen) atoms. The lowest BCUT2D eigenvalue weighted by atomic mass is 10.1. The summed E-state index contributed by atoms with van der Waals surface area (Å²) in [7, 11) is 0. The molecule has 0 amide bonds. The third kappa shape index (κ3) is 8.33. The second-order valence-corrected chi connectivity index (χ2v) is 5.59. The van der Waals surface area contributed by atoms with E-state index in [1.165, 1.54) is 56.2 Å². The Morgan fingerprint density at radius 1 is 1.06 bits per heavy atom. The lowest BCUT2D eigenvalue weighted by Crippen LogP contribution is -2.13. The topological polar surface area (TPSA) is 24.9 Å². The molecule has 98 valence electrons. The molecule has 0 aromatic carbocycles. The summed E-state index contributed by atoms with van der Waals surface area (Å²) in [5, 5.41) is 3.47. The number of aromatic nitrogens is 1. The van der Waals surface area contributed by atoms with Gasteiger partial charge in [0.25, 0.3) is 0 Å². The van der Waals surface area contributed by atoms with Crippen molar-refractivity contribution >= 4 is 11.3 Å². The Morgan fingerprint density at radius 2 is 1.76 bits per heavy atom. The molecule has 0 fully saturated rings. The number of nitrogens with one attached hydrogen (secondary N) is 1. The SMILES string of the molecule is CCCCCCCCCCNCc1cncs1. The van der Waals surface area contributed by atoms with Gasteiger partial charge in [0.2, 0.25) is 0 Å². The van der Waals surface area contributed by atoms with Gasteiger partial charge >= 0.3 is 0 Å². The minimum Gasteiger partial charge on any atom is -0.312 e. The molecule has 1 aromatic heterocycles. The van der Waals surface area contributed by atoms with Gasteiger partial charge in [0.1, 0.15) is 0 Å². The van der Waals surface area contributed by atoms with E-state index in [1.807, 2.05) is 11.7 Å². The van der Waals surface area contributed by atoms with E-state index in [0.29, 0.717) is 0 Å². The number of nitrogens with zero attached hydrogens (tertiary/aromatic N) is 1. The van der Waals surface area contributed by atoms with Crippen LogP contribution in [-0.4, -0.2) is 11.5 Å². The second kappa shape index (κ2) is 10.7. The first kappa shape index (κ1) is 14.7. The van der Waals surface area contributed by atoms with E-state index in [2.05, 4.69) is 17.2 Å². The van der Waals surface area contributed by atoms with Crippen LogP contribution in [0.2, 0.25) is 0 Å². The van der Waals surface area contributed by atoms with Gasteiger partial charge in [-0.3, -0.25) is 4.98 Å². The van der Waals surface area contributed by atoms with Gasteiger partial charge in [0.05, 0.1) is 5.51 Å². The van der Waals surface area contributed by atoms with Crippen molar-refractivity contribution in [2.45, 2.75) is 64.8 Å². The van der Waals surface area contributed by atoms with Crippen LogP contribution in [-0.2, 0) is 6.54 Å². The molecule has 0 saturated heterocycles. The number of thiazole rings is 1. The molecular formula is C14H26N2S. The van der Waals surface area contributed by atoms with Crippen molar-refractivity contribution in [3.05, 3.63) is 16.6 Å². The highest BCUT2D eigenvalue weighted by atomic mass is 32.1. The maximum absolute atomic E-state index is 4.06. The Balaban J connectivity index is 1.76. The smallest absolute Gasteiger partial charge is 0.0794 e. The average Bonchev–Trinajstić information content (AvgIpc) is 2.85. The second-order valence-electron chi connectivity index (χ2n) is 4.62. The first-order valence-corrected chi connectivity index (χ1v) is 7.89. The predicted molar refractivity (Wildman–Crippen MR) is 76.4 cm³/mol. The minimum absolute atomic E-state index is 0.987. The number of hydrogen-bond acceptors (Lipinski definition) is 3. The molecule has 0 radical (unpaired) electrons. The van der Waals surface area contributed by atoms with Gasteiger partial charge in [-0.05, 0) is 13.0 Å². The van der Waals surface area contributed by atoms with Crippen molar-refractivity contribution in [2.24, 2.45) is 0 Å². The van der Waals surface area contributed by atoms with Crippen LogP contribution in [0, 0.1) is 0 Å². The summed E-state index contributed by atoms with van der Waals surface area (Å²) in [6, 6.07) is 0. The van der Waals surface area contributed by atoms with E-state index in [4.69, 9.17) is 0 Å². The van der Waals surface area contributed by atoms with Gasteiger partial charge in [-0.25, -0.2) is 0 Å². The van der Waals surface area contributed by atoms with Crippen LogP contribution >= 0.6 is 11.3 Å². The molecule has 0 atom stereocenters. The highest BCUT2D eigenvalue weighted by molar-refractivity contribution is 7.09. The largest absolute Gasteiger partial charge is 0.312 e. The monoisotopic (exact) mass is 254 g/mol. The predicted octanol–water partition coefficient (Wildman–Crippen LogP) is 4.37. The fraction of sp³-hybridized carbons (Fsp3) is 0.786. The average molecular weight is 254 g/mol. The molecule has 2 nitrogen and oxygen atoms in total. The summed E-state index contributed by atoms with van der Waals surface area (Å²) in [6.07, 6.45) is 13.1. The molecule has 1 rings (SSSR count). The molecule has 1 heterocycles. The van der Waals surface area contributed by atoms with Gasteiger partial charge in [-0.2, -0.15) is 0 Å². The number of rotatable bonds is 11. The van der Waals surface area contributed by atoms with Gasteiger partial charge in [-0.1, -0.05) is 51.9 Å². The lowest BCUT2D eigenvalue weighted by Gasteiger charge is -2.03. The Morgan fingerprint density at radius 3 is 2.41 bits per heavy atom. The highest BCUT2D eigenvalue weighted by Gasteiger charge is 1.94. The fourth-order valence-corrected chi connectivity index (χ4v) is 2.49. The highest BCUT2D eigenvalue weighted by Crippen LogP contribution is 2.08. The van der Waals surface area contributed by atoms with Crippen molar-refractivity contribution in [2.75, 3.05) is 6.54 Å². The first-order chi connectivity index (χ1) is 8.43. The van der Waals surface area contributed by atoms with Crippen molar-refractivity contribution in [3.8, 4) is 0 Å². The fourth-order valence-electron chi connectivity index (χ4n) is 1.92. The van der Waals surface area contributed by atoms with Crippen LogP contribution in [0.25, 0.3) is 0 Å². The van der Waals surface area contributed by atoms with E-state index in [0.717, 1.165) is 13.1 Å². The van der Waals surface area contributed by atoms with Crippen LogP contribution in [0.15, 0.2) is 11.7 Å². The van der Waals surface area contributed by atoms with Crippen molar-refractivity contribution in [1.29, 1.82) is 0 Å². The maximum atomic E-state index is 4.06. The first-order valence-electron chi connectivity index (χ1n) is 7.01. The number of unbranched alkanes of at least 4 members (excludes halogenated alkanes) is 7. The summed E-state index contributed by atoms with van der Waals surface area (Å²) in [5.74, 6) is 0. The summed E-state index contributed by atoms with van der Waals surface area (Å²) >= 11 is 1.73. The molecule has 0 unspecified atom stereocenters. The third-order valence-electron chi connectivity index (χ3n) is 2.99. The molecule has 0 saturated carbocycles. The zero-order chi connectivity index (χ0) is 12.2. The van der Waals surface area contributed by atoms with E-state index in [1.54, 1.807) is 11.3 Å². The Bertz CT molecular complexity index is 247. The van der Waals surface area contributed by atoms with Gasteiger partial charge < -0.3 is 5.32 Å². The maximum Gasteiger partial charge on any atom is 0.0794 e. The molecular weight excluding hydrogens is 228 g/mol. The standard InChI is InChI=1S/C14H26N2S/c1-2-3-4-5-6-7-8-9-10-15-11-14-12-16-13-17-14/h12-13,15H,2-11H2,1H3. The molecule has 1 N–H and O–H groups in total. The van der Waals surface area contributed by atoms with Crippen LogP contribution in [0.3, 0.4) is 0 Å². The van der Waals surface area contributed by atoms with Crippen LogP contribution in [0.4, 0.5) is 0 Å². The summed E-state index contributed by atoms with van der Waals surface area (Å²) in [5.41, 5.74) is 1.90. The van der Waals surface area contributed by atoms with E-state index in [9.17, 15) is 0 Å². The zero-order valence-electron chi connectivity index (χ0n) is 11.1. The summed E-state index contributed by atoms with van der Waals surface area (Å²) in [4.78, 5) is 5.40. The molecule has 0 spiro atoms. The molecule has 0 aliphatic heterocycles. The van der Waals surface area contributed by atoms with Crippen LogP contribution in [0.5, 0.6) is 0 Å². The van der Waals surface area contributed by atoms with Gasteiger partial charge in [-0.15, -0.1) is 11.3 Å². The van der Waals surface area contributed by atoms with E-state index < -0.39 is 0 Å². The van der Waals surface area contributed by atoms with E-state index in [-0.39, 0.29) is 0 Å². The van der Waals surface area contributed by atoms with Gasteiger partial charge in [0, 0.05) is 17.6 Å². The molecule has 0 bridgehead atoms. The molecule has 1 aromatic rings. The minimum atomic E-state index is 0.987. The normalized spacial score (nSPS) is 10.9. The van der Waals surface area contributed by atoms with E-state index >= 15 is 0 Å². The van der Waals surface area contributed by atoms with Crippen molar-refractivity contribution < 1.29 is 0 Å². The molecule has 0 aliphatic carbocycles. The van der Waals surface area contributed by atoms with Crippen LogP contribution < -0.4 is 5.32 Å².